The van der Waals surface area contributed by atoms with Gasteiger partial charge in [-0.25, -0.2) is 0 Å². The zero-order chi connectivity index (χ0) is 9.80. The summed E-state index contributed by atoms with van der Waals surface area (Å²) in [4.78, 5) is 2.71. The largest absolute Gasteiger partial charge is 0.313 e. The molecule has 3 heteroatoms. The average Bonchev–Trinajstić information content (AvgIpc) is 2.68. The van der Waals surface area contributed by atoms with E-state index in [1.165, 1.54) is 43.9 Å². The molecule has 0 radical (unpaired) electrons. The third-order valence-corrected chi connectivity index (χ3v) is 4.56. The van der Waals surface area contributed by atoms with Crippen LogP contribution < -0.4 is 5.32 Å². The summed E-state index contributed by atoms with van der Waals surface area (Å²) in [6.07, 6.45) is 4.22. The molecular formula is C11H22N2S. The van der Waals surface area contributed by atoms with E-state index in [2.05, 4.69) is 28.9 Å². The van der Waals surface area contributed by atoms with E-state index in [9.17, 15) is 0 Å². The highest BCUT2D eigenvalue weighted by Gasteiger charge is 2.28. The Morgan fingerprint density at radius 3 is 3.07 bits per heavy atom. The lowest BCUT2D eigenvalue weighted by Gasteiger charge is -2.30. The molecule has 14 heavy (non-hydrogen) atoms. The maximum absolute atomic E-state index is 3.57. The van der Waals surface area contributed by atoms with E-state index in [-0.39, 0.29) is 0 Å². The van der Waals surface area contributed by atoms with E-state index >= 15 is 0 Å². The quantitative estimate of drug-likeness (QED) is 0.768. The second-order valence-electron chi connectivity index (χ2n) is 4.41. The van der Waals surface area contributed by atoms with Gasteiger partial charge in [0, 0.05) is 30.9 Å². The lowest BCUT2D eigenvalue weighted by Crippen LogP contribution is -2.40. The number of likely N-dealkylation sites (N-methyl/N-ethyl adjacent to an activating group) is 1. The Morgan fingerprint density at radius 1 is 1.43 bits per heavy atom. The molecule has 2 heterocycles. The number of thioether (sulfide) groups is 1. The highest BCUT2D eigenvalue weighted by Crippen LogP contribution is 2.24. The van der Waals surface area contributed by atoms with Crippen molar-refractivity contribution in [1.82, 2.24) is 10.2 Å². The number of hydrogen-bond donors (Lipinski definition) is 1. The zero-order valence-electron chi connectivity index (χ0n) is 9.17. The third kappa shape index (κ3) is 2.65. The fourth-order valence-corrected chi connectivity index (χ4v) is 3.77. The predicted octanol–water partition coefficient (Wildman–Crippen LogP) is 1.57. The second kappa shape index (κ2) is 5.38. The molecule has 2 rings (SSSR count). The van der Waals surface area contributed by atoms with Crippen molar-refractivity contribution >= 4 is 11.8 Å². The molecule has 2 aliphatic heterocycles. The molecule has 2 aliphatic rings. The molecule has 2 fully saturated rings. The number of hydrogen-bond acceptors (Lipinski definition) is 3. The zero-order valence-corrected chi connectivity index (χ0v) is 9.98. The Bertz CT molecular complexity index is 169. The fourth-order valence-electron chi connectivity index (χ4n) is 2.59. The number of nitrogens with zero attached hydrogens (tertiary/aromatic N) is 1. The van der Waals surface area contributed by atoms with Crippen molar-refractivity contribution in [1.29, 1.82) is 0 Å². The standard InChI is InChI=1S/C11H22N2S/c1-2-12-10-5-6-13(8-10)11-4-3-7-14-9-11/h10-12H,2-9H2,1H3. The Balaban J connectivity index is 1.76. The first-order valence-corrected chi connectivity index (χ1v) is 7.11. The maximum atomic E-state index is 3.57. The van der Waals surface area contributed by atoms with Gasteiger partial charge in [0.25, 0.3) is 0 Å². The van der Waals surface area contributed by atoms with E-state index < -0.39 is 0 Å². The topological polar surface area (TPSA) is 15.3 Å². The Kier molecular flexibility index (Phi) is 4.14. The van der Waals surface area contributed by atoms with Crippen LogP contribution in [0.15, 0.2) is 0 Å². The van der Waals surface area contributed by atoms with Crippen LogP contribution in [0.1, 0.15) is 26.2 Å². The van der Waals surface area contributed by atoms with Crippen LogP contribution in [0.4, 0.5) is 0 Å². The molecule has 1 N–H and O–H groups in total. The number of rotatable bonds is 3. The molecule has 0 saturated carbocycles. The summed E-state index contributed by atoms with van der Waals surface area (Å²) in [7, 11) is 0. The van der Waals surface area contributed by atoms with Crippen molar-refractivity contribution < 1.29 is 0 Å². The van der Waals surface area contributed by atoms with E-state index in [4.69, 9.17) is 0 Å². The first kappa shape index (κ1) is 10.8. The van der Waals surface area contributed by atoms with Crippen molar-refractivity contribution in [3.63, 3.8) is 0 Å². The Morgan fingerprint density at radius 2 is 2.36 bits per heavy atom. The van der Waals surface area contributed by atoms with Crippen molar-refractivity contribution in [2.45, 2.75) is 38.3 Å². The number of likely N-dealkylation sites (tertiary alicyclic amines) is 1. The van der Waals surface area contributed by atoms with Crippen LogP contribution in [-0.4, -0.2) is 48.1 Å². The van der Waals surface area contributed by atoms with Gasteiger partial charge in [-0.2, -0.15) is 11.8 Å². The van der Waals surface area contributed by atoms with Crippen molar-refractivity contribution in [3.8, 4) is 0 Å². The van der Waals surface area contributed by atoms with Gasteiger partial charge >= 0.3 is 0 Å². The summed E-state index contributed by atoms with van der Waals surface area (Å²) in [6.45, 7) is 5.94. The van der Waals surface area contributed by atoms with Gasteiger partial charge in [-0.1, -0.05) is 6.92 Å². The minimum Gasteiger partial charge on any atom is -0.313 e. The van der Waals surface area contributed by atoms with E-state index in [1.54, 1.807) is 0 Å². The molecule has 0 aromatic heterocycles. The van der Waals surface area contributed by atoms with E-state index in [0.29, 0.717) is 0 Å². The van der Waals surface area contributed by atoms with Crippen LogP contribution in [0.3, 0.4) is 0 Å². The van der Waals surface area contributed by atoms with Gasteiger partial charge in [0.05, 0.1) is 0 Å². The van der Waals surface area contributed by atoms with Gasteiger partial charge in [0.2, 0.25) is 0 Å². The second-order valence-corrected chi connectivity index (χ2v) is 5.56. The lowest BCUT2D eigenvalue weighted by atomic mass is 10.1. The van der Waals surface area contributed by atoms with Crippen molar-refractivity contribution in [2.75, 3.05) is 31.1 Å². The highest BCUT2D eigenvalue weighted by molar-refractivity contribution is 7.99. The summed E-state index contributed by atoms with van der Waals surface area (Å²) in [6, 6.07) is 1.66. The smallest absolute Gasteiger partial charge is 0.0207 e. The molecule has 0 spiro atoms. The molecule has 0 amide bonds. The van der Waals surface area contributed by atoms with Crippen molar-refractivity contribution in [3.05, 3.63) is 0 Å². The molecule has 82 valence electrons. The molecule has 2 atom stereocenters. The summed E-state index contributed by atoms with van der Waals surface area (Å²) in [5.41, 5.74) is 0. The van der Waals surface area contributed by atoms with Crippen LogP contribution in [0.2, 0.25) is 0 Å². The summed E-state index contributed by atoms with van der Waals surface area (Å²) < 4.78 is 0. The van der Waals surface area contributed by atoms with Crippen molar-refractivity contribution in [2.24, 2.45) is 0 Å². The third-order valence-electron chi connectivity index (χ3n) is 3.37. The summed E-state index contributed by atoms with van der Waals surface area (Å²) >= 11 is 2.14. The minimum atomic E-state index is 0.770. The van der Waals surface area contributed by atoms with E-state index in [0.717, 1.165) is 18.6 Å². The van der Waals surface area contributed by atoms with Crippen LogP contribution in [0, 0.1) is 0 Å². The van der Waals surface area contributed by atoms with Gasteiger partial charge < -0.3 is 5.32 Å². The van der Waals surface area contributed by atoms with Gasteiger partial charge in [-0.15, -0.1) is 0 Å². The van der Waals surface area contributed by atoms with Gasteiger partial charge in [0.15, 0.2) is 0 Å². The van der Waals surface area contributed by atoms with Crippen LogP contribution >= 0.6 is 11.8 Å². The normalized spacial score (nSPS) is 34.9. The maximum Gasteiger partial charge on any atom is 0.0207 e. The van der Waals surface area contributed by atoms with E-state index in [1.807, 2.05) is 0 Å². The van der Waals surface area contributed by atoms with Gasteiger partial charge in [-0.3, -0.25) is 4.90 Å². The van der Waals surface area contributed by atoms with Gasteiger partial charge in [0.1, 0.15) is 0 Å². The highest BCUT2D eigenvalue weighted by atomic mass is 32.2. The lowest BCUT2D eigenvalue weighted by molar-refractivity contribution is 0.241. The van der Waals surface area contributed by atoms with Crippen LogP contribution in [0.5, 0.6) is 0 Å². The molecule has 2 saturated heterocycles. The predicted molar refractivity (Wildman–Crippen MR) is 64.0 cm³/mol. The summed E-state index contributed by atoms with van der Waals surface area (Å²) in [5, 5.41) is 3.57. The summed E-state index contributed by atoms with van der Waals surface area (Å²) in [5.74, 6) is 2.76. The molecular weight excluding hydrogens is 192 g/mol. The monoisotopic (exact) mass is 214 g/mol. The molecule has 0 bridgehead atoms. The minimum absolute atomic E-state index is 0.770. The molecule has 2 nitrogen and oxygen atoms in total. The molecule has 0 aliphatic carbocycles. The number of nitrogens with one attached hydrogen (secondary N) is 1. The molecule has 0 aromatic rings. The molecule has 0 aromatic carbocycles. The SMILES string of the molecule is CCNC1CCN(C2CCCSC2)C1. The average molecular weight is 214 g/mol. The first-order valence-electron chi connectivity index (χ1n) is 5.95. The Hall–Kier alpha value is 0.270. The Labute approximate surface area is 91.8 Å². The first-order chi connectivity index (χ1) is 6.90. The van der Waals surface area contributed by atoms with Crippen LogP contribution in [-0.2, 0) is 0 Å². The fraction of sp³-hybridized carbons (Fsp3) is 1.00. The molecule has 2 unspecified atom stereocenters. The van der Waals surface area contributed by atoms with Gasteiger partial charge in [-0.05, 0) is 31.6 Å². The van der Waals surface area contributed by atoms with Crippen LogP contribution in [0.25, 0.3) is 0 Å².